The summed E-state index contributed by atoms with van der Waals surface area (Å²) < 4.78 is 5.21. The molecular weight excluding hydrogens is 274 g/mol. The number of nitrogens with one attached hydrogen (secondary N) is 1. The van der Waals surface area contributed by atoms with Crippen LogP contribution in [0.2, 0.25) is 0 Å². The fraction of sp³-hybridized carbons (Fsp3) is 0.429. The van der Waals surface area contributed by atoms with Crippen molar-refractivity contribution < 1.29 is 19.4 Å². The predicted octanol–water partition coefficient (Wildman–Crippen LogP) is 0.773. The molecule has 1 aliphatic rings. The third kappa shape index (κ3) is 4.44. The first kappa shape index (κ1) is 15.3. The van der Waals surface area contributed by atoms with Crippen LogP contribution < -0.4 is 5.43 Å². The van der Waals surface area contributed by atoms with Crippen LogP contribution >= 0.6 is 0 Å². The van der Waals surface area contributed by atoms with E-state index in [0.717, 1.165) is 5.56 Å². The van der Waals surface area contributed by atoms with Crippen LogP contribution in [0.5, 0.6) is 0 Å². The van der Waals surface area contributed by atoms with Gasteiger partial charge in [-0.05, 0) is 17.7 Å². The lowest BCUT2D eigenvalue weighted by Crippen LogP contribution is -2.51. The molecule has 0 aliphatic carbocycles. The number of rotatable bonds is 4. The fourth-order valence-electron chi connectivity index (χ4n) is 1.99. The number of carboxylic acids is 1. The Morgan fingerprint density at radius 1 is 1.29 bits per heavy atom. The highest BCUT2D eigenvalue weighted by atomic mass is 16.5. The largest absolute Gasteiger partial charge is 0.478 e. The zero-order valence-electron chi connectivity index (χ0n) is 11.9. The molecule has 0 unspecified atom stereocenters. The summed E-state index contributed by atoms with van der Waals surface area (Å²) >= 11 is 0. The molecule has 1 aliphatic heterocycles. The number of morpholine rings is 1. The summed E-state index contributed by atoms with van der Waals surface area (Å²) in [5.74, 6) is -0.958. The highest BCUT2D eigenvalue weighted by Crippen LogP contribution is 2.07. The molecule has 2 amide bonds. The average Bonchev–Trinajstić information content (AvgIpc) is 2.48. The van der Waals surface area contributed by atoms with Crippen LogP contribution in [0.4, 0.5) is 4.79 Å². The van der Waals surface area contributed by atoms with E-state index in [-0.39, 0.29) is 11.6 Å². The molecule has 1 saturated heterocycles. The number of hydrogen-bond acceptors (Lipinski definition) is 4. The number of amides is 2. The van der Waals surface area contributed by atoms with E-state index in [0.29, 0.717) is 32.8 Å². The van der Waals surface area contributed by atoms with E-state index >= 15 is 0 Å². The Balaban J connectivity index is 1.86. The van der Waals surface area contributed by atoms with Crippen molar-refractivity contribution in [3.05, 3.63) is 35.4 Å². The summed E-state index contributed by atoms with van der Waals surface area (Å²) in [6, 6.07) is 6.29. The van der Waals surface area contributed by atoms with Crippen LogP contribution in [0.1, 0.15) is 15.9 Å². The number of carboxylic acid groups (broad SMARTS) is 1. The number of hydrogen-bond donors (Lipinski definition) is 2. The number of ether oxygens (including phenoxy) is 1. The number of carbonyl (C=O) groups is 2. The molecule has 0 atom stereocenters. The number of benzene rings is 1. The average molecular weight is 293 g/mol. The molecule has 7 heteroatoms. The third-order valence-electron chi connectivity index (χ3n) is 3.23. The third-order valence-corrected chi connectivity index (χ3v) is 3.23. The van der Waals surface area contributed by atoms with Crippen LogP contribution in [0.3, 0.4) is 0 Å². The lowest BCUT2D eigenvalue weighted by atomic mass is 10.1. The summed E-state index contributed by atoms with van der Waals surface area (Å²) in [7, 11) is 1.70. The second kappa shape index (κ2) is 7.05. The van der Waals surface area contributed by atoms with Gasteiger partial charge in [0.1, 0.15) is 0 Å². The Bertz CT molecular complexity index is 497. The van der Waals surface area contributed by atoms with Crippen LogP contribution in [0.25, 0.3) is 0 Å². The van der Waals surface area contributed by atoms with Gasteiger partial charge in [-0.1, -0.05) is 12.1 Å². The first-order valence-electron chi connectivity index (χ1n) is 6.73. The van der Waals surface area contributed by atoms with Crippen molar-refractivity contribution in [2.24, 2.45) is 0 Å². The second-order valence-electron chi connectivity index (χ2n) is 4.87. The summed E-state index contributed by atoms with van der Waals surface area (Å²) in [4.78, 5) is 24.3. The molecule has 0 bridgehead atoms. The molecule has 1 heterocycles. The van der Waals surface area contributed by atoms with Crippen molar-refractivity contribution in [1.82, 2.24) is 15.3 Å². The SMILES string of the molecule is CN(Cc1ccc(C(=O)O)cc1)C(=O)NN1CCOCC1. The molecule has 1 aromatic carbocycles. The van der Waals surface area contributed by atoms with Gasteiger partial charge in [0.25, 0.3) is 0 Å². The van der Waals surface area contributed by atoms with Gasteiger partial charge >= 0.3 is 12.0 Å². The lowest BCUT2D eigenvalue weighted by Gasteiger charge is -2.29. The number of hydrazine groups is 1. The van der Waals surface area contributed by atoms with Crippen molar-refractivity contribution in [3.63, 3.8) is 0 Å². The molecule has 0 aromatic heterocycles. The van der Waals surface area contributed by atoms with Crippen molar-refractivity contribution in [1.29, 1.82) is 0 Å². The van der Waals surface area contributed by atoms with Gasteiger partial charge < -0.3 is 14.7 Å². The van der Waals surface area contributed by atoms with Gasteiger partial charge in [-0.25, -0.2) is 14.6 Å². The van der Waals surface area contributed by atoms with Crippen LogP contribution in [-0.2, 0) is 11.3 Å². The maximum atomic E-state index is 12.0. The standard InChI is InChI=1S/C14H19N3O4/c1-16(14(20)15-17-6-8-21-9-7-17)10-11-2-4-12(5-3-11)13(18)19/h2-5H,6-10H2,1H3,(H,15,20)(H,18,19). The Labute approximate surface area is 123 Å². The summed E-state index contributed by atoms with van der Waals surface area (Å²) in [6.07, 6.45) is 0. The highest BCUT2D eigenvalue weighted by Gasteiger charge is 2.16. The fourth-order valence-corrected chi connectivity index (χ4v) is 1.99. The Morgan fingerprint density at radius 3 is 2.48 bits per heavy atom. The van der Waals surface area contributed by atoms with E-state index in [1.54, 1.807) is 24.1 Å². The lowest BCUT2D eigenvalue weighted by molar-refractivity contribution is 0.0165. The monoisotopic (exact) mass is 293 g/mol. The molecule has 0 radical (unpaired) electrons. The first-order valence-corrected chi connectivity index (χ1v) is 6.73. The Morgan fingerprint density at radius 2 is 1.90 bits per heavy atom. The molecule has 2 rings (SSSR count). The summed E-state index contributed by atoms with van der Waals surface area (Å²) in [6.45, 7) is 2.98. The number of aromatic carboxylic acids is 1. The first-order chi connectivity index (χ1) is 10.1. The van der Waals surface area contributed by atoms with Gasteiger partial charge in [-0.3, -0.25) is 5.43 Å². The maximum Gasteiger partial charge on any atom is 0.335 e. The minimum Gasteiger partial charge on any atom is -0.478 e. The molecule has 0 saturated carbocycles. The van der Waals surface area contributed by atoms with E-state index in [2.05, 4.69) is 5.43 Å². The number of nitrogens with zero attached hydrogens (tertiary/aromatic N) is 2. The minimum absolute atomic E-state index is 0.195. The van der Waals surface area contributed by atoms with Crippen molar-refractivity contribution in [3.8, 4) is 0 Å². The molecular formula is C14H19N3O4. The van der Waals surface area contributed by atoms with Gasteiger partial charge in [-0.15, -0.1) is 0 Å². The van der Waals surface area contributed by atoms with Gasteiger partial charge in [0.2, 0.25) is 0 Å². The summed E-state index contributed by atoms with van der Waals surface area (Å²) in [5.41, 5.74) is 3.92. The zero-order valence-corrected chi connectivity index (χ0v) is 11.9. The molecule has 1 aromatic rings. The number of urea groups is 1. The van der Waals surface area contributed by atoms with Gasteiger partial charge in [-0.2, -0.15) is 0 Å². The Hall–Kier alpha value is -2.12. The smallest absolute Gasteiger partial charge is 0.335 e. The van der Waals surface area contributed by atoms with Gasteiger partial charge in [0, 0.05) is 26.7 Å². The molecule has 21 heavy (non-hydrogen) atoms. The molecule has 114 valence electrons. The second-order valence-corrected chi connectivity index (χ2v) is 4.87. The van der Waals surface area contributed by atoms with E-state index in [4.69, 9.17) is 9.84 Å². The quantitative estimate of drug-likeness (QED) is 0.857. The van der Waals surface area contributed by atoms with Crippen LogP contribution in [0.15, 0.2) is 24.3 Å². The number of carbonyl (C=O) groups excluding carboxylic acids is 1. The van der Waals surface area contributed by atoms with E-state index in [9.17, 15) is 9.59 Å². The molecule has 1 fully saturated rings. The van der Waals surface area contributed by atoms with E-state index in [1.807, 2.05) is 5.01 Å². The zero-order chi connectivity index (χ0) is 15.2. The van der Waals surface area contributed by atoms with E-state index < -0.39 is 5.97 Å². The molecule has 2 N–H and O–H groups in total. The van der Waals surface area contributed by atoms with E-state index in [1.165, 1.54) is 12.1 Å². The Kier molecular flexibility index (Phi) is 5.13. The van der Waals surface area contributed by atoms with Crippen molar-refractivity contribution in [2.75, 3.05) is 33.4 Å². The molecule has 7 nitrogen and oxygen atoms in total. The van der Waals surface area contributed by atoms with Crippen molar-refractivity contribution in [2.45, 2.75) is 6.54 Å². The van der Waals surface area contributed by atoms with Gasteiger partial charge in [0.05, 0.1) is 18.8 Å². The van der Waals surface area contributed by atoms with Crippen LogP contribution in [-0.4, -0.2) is 60.4 Å². The van der Waals surface area contributed by atoms with Crippen molar-refractivity contribution >= 4 is 12.0 Å². The maximum absolute atomic E-state index is 12.0. The van der Waals surface area contributed by atoms with Gasteiger partial charge in [0.15, 0.2) is 0 Å². The minimum atomic E-state index is -0.958. The highest BCUT2D eigenvalue weighted by molar-refractivity contribution is 5.87. The summed E-state index contributed by atoms with van der Waals surface area (Å²) in [5, 5.41) is 10.7. The van der Waals surface area contributed by atoms with Crippen LogP contribution in [0, 0.1) is 0 Å². The topological polar surface area (TPSA) is 82.1 Å². The normalized spacial score (nSPS) is 15.5. The molecule has 0 spiro atoms. The predicted molar refractivity (Wildman–Crippen MR) is 75.8 cm³/mol.